The molecule has 3 aliphatic heterocycles. The average Bonchev–Trinajstić information content (AvgIpc) is 3.48. The normalized spacial score (nSPS) is 26.4. The van der Waals surface area contributed by atoms with Crippen molar-refractivity contribution in [2.24, 2.45) is 10.5 Å². The molecule has 1 saturated carbocycles. The van der Waals surface area contributed by atoms with Crippen molar-refractivity contribution < 1.29 is 33.3 Å². The van der Waals surface area contributed by atoms with Gasteiger partial charge in [-0.3, -0.25) is 14.6 Å². The van der Waals surface area contributed by atoms with Crippen LogP contribution in [0.15, 0.2) is 53.6 Å². The molecule has 2 aromatic rings. The molecular weight excluding hydrogens is 476 g/mol. The molecular formula is C28H28N2O7. The molecule has 192 valence electrons. The number of nitrogens with zero attached hydrogens (tertiary/aromatic N) is 2. The summed E-state index contributed by atoms with van der Waals surface area (Å²) in [5.74, 6) is -3.61. The number of hydrogen-bond acceptors (Lipinski definition) is 9. The van der Waals surface area contributed by atoms with Crippen molar-refractivity contribution in [2.45, 2.75) is 56.4 Å². The molecule has 3 atom stereocenters. The maximum Gasteiger partial charge on any atom is 0.331 e. The van der Waals surface area contributed by atoms with Crippen LogP contribution in [-0.4, -0.2) is 54.7 Å². The third-order valence-electron chi connectivity index (χ3n) is 8.01. The van der Waals surface area contributed by atoms with Gasteiger partial charge in [-0.15, -0.1) is 0 Å². The van der Waals surface area contributed by atoms with E-state index in [0.717, 1.165) is 18.4 Å². The summed E-state index contributed by atoms with van der Waals surface area (Å²) in [6.07, 6.45) is 4.14. The Hall–Kier alpha value is -3.88. The number of fused-ring (bicyclic) bond motifs is 4. The van der Waals surface area contributed by atoms with Gasteiger partial charge in [0.15, 0.2) is 6.04 Å². The van der Waals surface area contributed by atoms with Gasteiger partial charge in [-0.1, -0.05) is 36.4 Å². The molecule has 2 saturated heterocycles. The molecule has 0 N–H and O–H groups in total. The third kappa shape index (κ3) is 3.29. The first-order chi connectivity index (χ1) is 17.9. The second kappa shape index (κ2) is 8.61. The summed E-state index contributed by atoms with van der Waals surface area (Å²) >= 11 is 0. The number of carbonyl (C=O) groups is 3. The van der Waals surface area contributed by atoms with E-state index in [1.165, 1.54) is 5.01 Å². The van der Waals surface area contributed by atoms with Crippen molar-refractivity contribution in [1.29, 1.82) is 0 Å². The third-order valence-corrected chi connectivity index (χ3v) is 8.01. The molecule has 2 aromatic carbocycles. The summed E-state index contributed by atoms with van der Waals surface area (Å²) in [6, 6.07) is 12.4. The Kier molecular flexibility index (Phi) is 5.47. The molecule has 3 heterocycles. The number of esters is 3. The van der Waals surface area contributed by atoms with E-state index in [1.807, 2.05) is 24.3 Å². The Morgan fingerprint density at radius 2 is 1.73 bits per heavy atom. The predicted octanol–water partition coefficient (Wildman–Crippen LogP) is 3.47. The van der Waals surface area contributed by atoms with Crippen molar-refractivity contribution in [2.75, 3.05) is 13.7 Å². The average molecular weight is 505 g/mol. The van der Waals surface area contributed by atoms with Crippen LogP contribution in [0, 0.1) is 5.41 Å². The zero-order valence-corrected chi connectivity index (χ0v) is 20.7. The lowest BCUT2D eigenvalue weighted by molar-refractivity contribution is -0.263. The van der Waals surface area contributed by atoms with E-state index in [2.05, 4.69) is 5.10 Å². The van der Waals surface area contributed by atoms with E-state index in [4.69, 9.17) is 18.9 Å². The molecule has 37 heavy (non-hydrogen) atoms. The van der Waals surface area contributed by atoms with Crippen molar-refractivity contribution in [3.05, 3.63) is 65.2 Å². The molecule has 0 aromatic heterocycles. The van der Waals surface area contributed by atoms with Gasteiger partial charge in [0, 0.05) is 18.8 Å². The molecule has 0 amide bonds. The summed E-state index contributed by atoms with van der Waals surface area (Å²) < 4.78 is 22.9. The molecule has 0 bridgehead atoms. The minimum Gasteiger partial charge on any atom is -0.497 e. The van der Waals surface area contributed by atoms with Crippen molar-refractivity contribution in [1.82, 2.24) is 5.01 Å². The summed E-state index contributed by atoms with van der Waals surface area (Å²) in [7, 11) is 1.55. The Morgan fingerprint density at radius 1 is 1.05 bits per heavy atom. The Bertz CT molecular complexity index is 1260. The van der Waals surface area contributed by atoms with E-state index in [1.54, 1.807) is 44.5 Å². The van der Waals surface area contributed by atoms with Crippen molar-refractivity contribution in [3.63, 3.8) is 0 Å². The van der Waals surface area contributed by atoms with E-state index in [9.17, 15) is 14.4 Å². The summed E-state index contributed by atoms with van der Waals surface area (Å²) in [6.45, 7) is 1.85. The lowest BCUT2D eigenvalue weighted by Crippen LogP contribution is -2.59. The molecule has 0 unspecified atom stereocenters. The van der Waals surface area contributed by atoms with Gasteiger partial charge in [-0.05, 0) is 48.6 Å². The van der Waals surface area contributed by atoms with E-state index < -0.39 is 47.1 Å². The molecule has 4 aliphatic rings. The maximum atomic E-state index is 14.3. The number of ether oxygens (including phenoxy) is 4. The quantitative estimate of drug-likeness (QED) is 0.461. The molecule has 3 fully saturated rings. The van der Waals surface area contributed by atoms with Gasteiger partial charge in [0.05, 0.1) is 19.9 Å². The SMILES string of the molecule is CCOC(=O)[C@H]1[C@H](c2ccc(OC)cc2)C2(C(=O)OC3(CCCC3)OC2=O)[C@@H]2c3ccccc3C=NN21. The second-order valence-corrected chi connectivity index (χ2v) is 9.87. The molecule has 2 spiro atoms. The molecule has 6 rings (SSSR count). The van der Waals surface area contributed by atoms with Crippen molar-refractivity contribution in [3.8, 4) is 5.75 Å². The monoisotopic (exact) mass is 504 g/mol. The highest BCUT2D eigenvalue weighted by atomic mass is 16.7. The standard InChI is InChI=1S/C28H28N2O7/c1-3-35-24(31)22-21(17-10-12-19(34-2)13-11-17)28(23-20-9-5-4-8-18(20)16-29-30(22)23)25(32)36-27(37-26(28)33)14-6-7-15-27/h4-5,8-13,16,21-23H,3,6-7,14-15H2,1-2H3/t21-,22+,23-/m0/s1. The number of benzene rings is 2. The van der Waals surface area contributed by atoms with Crippen LogP contribution in [0.4, 0.5) is 0 Å². The zero-order valence-electron chi connectivity index (χ0n) is 20.7. The maximum absolute atomic E-state index is 14.3. The van der Waals surface area contributed by atoms with Gasteiger partial charge in [0.2, 0.25) is 5.41 Å². The van der Waals surface area contributed by atoms with Crippen LogP contribution in [0.5, 0.6) is 5.75 Å². The summed E-state index contributed by atoms with van der Waals surface area (Å²) in [5, 5.41) is 6.13. The van der Waals surface area contributed by atoms with Crippen LogP contribution in [0.25, 0.3) is 0 Å². The van der Waals surface area contributed by atoms with Gasteiger partial charge in [0.25, 0.3) is 5.79 Å². The van der Waals surface area contributed by atoms with Gasteiger partial charge < -0.3 is 18.9 Å². The first-order valence-electron chi connectivity index (χ1n) is 12.6. The van der Waals surface area contributed by atoms with Crippen LogP contribution in [0.2, 0.25) is 0 Å². The van der Waals surface area contributed by atoms with Gasteiger partial charge >= 0.3 is 17.9 Å². The highest BCUT2D eigenvalue weighted by Gasteiger charge is 2.76. The summed E-state index contributed by atoms with van der Waals surface area (Å²) in [4.78, 5) is 42.2. The van der Waals surface area contributed by atoms with E-state index >= 15 is 0 Å². The van der Waals surface area contributed by atoms with Gasteiger partial charge in [-0.2, -0.15) is 5.10 Å². The van der Waals surface area contributed by atoms with Crippen LogP contribution in [0.1, 0.15) is 61.3 Å². The number of hydrazone groups is 1. The Labute approximate surface area is 214 Å². The largest absolute Gasteiger partial charge is 0.497 e. The van der Waals surface area contributed by atoms with Crippen molar-refractivity contribution >= 4 is 24.1 Å². The molecule has 1 aliphatic carbocycles. The van der Waals surface area contributed by atoms with E-state index in [-0.39, 0.29) is 6.61 Å². The first-order valence-corrected chi connectivity index (χ1v) is 12.6. The molecule has 9 heteroatoms. The fourth-order valence-electron chi connectivity index (χ4n) is 6.41. The van der Waals surface area contributed by atoms with E-state index in [0.29, 0.717) is 29.7 Å². The predicted molar refractivity (Wildman–Crippen MR) is 131 cm³/mol. The zero-order chi connectivity index (χ0) is 25.8. The lowest BCUT2D eigenvalue weighted by atomic mass is 9.65. The second-order valence-electron chi connectivity index (χ2n) is 9.87. The highest BCUT2D eigenvalue weighted by Crippen LogP contribution is 2.63. The minimum atomic E-state index is -1.88. The van der Waals surface area contributed by atoms with Crippen LogP contribution < -0.4 is 4.74 Å². The number of hydrogen-bond donors (Lipinski definition) is 0. The van der Waals surface area contributed by atoms with Crippen LogP contribution >= 0.6 is 0 Å². The van der Waals surface area contributed by atoms with Crippen LogP contribution in [-0.2, 0) is 28.6 Å². The van der Waals surface area contributed by atoms with Crippen LogP contribution in [0.3, 0.4) is 0 Å². The fourth-order valence-corrected chi connectivity index (χ4v) is 6.41. The topological polar surface area (TPSA) is 104 Å². The van der Waals surface area contributed by atoms with Gasteiger partial charge in [0.1, 0.15) is 11.8 Å². The number of rotatable bonds is 4. The highest BCUT2D eigenvalue weighted by molar-refractivity contribution is 6.06. The molecule has 0 radical (unpaired) electrons. The summed E-state index contributed by atoms with van der Waals surface area (Å²) in [5.41, 5.74) is 0.146. The fraction of sp³-hybridized carbons (Fsp3) is 0.429. The Morgan fingerprint density at radius 3 is 2.38 bits per heavy atom. The van der Waals surface area contributed by atoms with Gasteiger partial charge in [-0.25, -0.2) is 4.79 Å². The molecule has 9 nitrogen and oxygen atoms in total. The lowest BCUT2D eigenvalue weighted by Gasteiger charge is -2.45. The number of carbonyl (C=O) groups excluding carboxylic acids is 3. The minimum absolute atomic E-state index is 0.133. The Balaban J connectivity index is 1.60. The first kappa shape index (κ1) is 23.5. The number of methoxy groups -OCH3 is 1. The smallest absolute Gasteiger partial charge is 0.331 e.